The van der Waals surface area contributed by atoms with Gasteiger partial charge in [-0.1, -0.05) is 30.3 Å². The average molecular weight is 299 g/mol. The van der Waals surface area contributed by atoms with Gasteiger partial charge in [0.2, 0.25) is 5.91 Å². The second-order valence-electron chi connectivity index (χ2n) is 5.28. The molecule has 4 heteroatoms. The summed E-state index contributed by atoms with van der Waals surface area (Å²) in [6.45, 7) is 0. The van der Waals surface area contributed by atoms with Gasteiger partial charge in [-0.05, 0) is 36.8 Å². The fraction of sp³-hybridized carbons (Fsp3) is 0.294. The summed E-state index contributed by atoms with van der Waals surface area (Å²) in [5.41, 5.74) is 2.82. The molecule has 0 bridgehead atoms. The summed E-state index contributed by atoms with van der Waals surface area (Å²) < 4.78 is 0. The van der Waals surface area contributed by atoms with E-state index in [1.165, 1.54) is 11.3 Å². The highest BCUT2D eigenvalue weighted by Gasteiger charge is 2.21. The first-order chi connectivity index (χ1) is 10.3. The van der Waals surface area contributed by atoms with Gasteiger partial charge in [-0.15, -0.1) is 11.3 Å². The van der Waals surface area contributed by atoms with Gasteiger partial charge in [-0.3, -0.25) is 9.59 Å². The van der Waals surface area contributed by atoms with Crippen LogP contribution in [0.4, 0.5) is 5.00 Å². The van der Waals surface area contributed by atoms with Crippen molar-refractivity contribution in [1.82, 2.24) is 0 Å². The summed E-state index contributed by atoms with van der Waals surface area (Å²) in [7, 11) is 0. The lowest BCUT2D eigenvalue weighted by molar-refractivity contribution is -0.115. The van der Waals surface area contributed by atoms with Gasteiger partial charge in [-0.25, -0.2) is 0 Å². The molecule has 1 aromatic carbocycles. The van der Waals surface area contributed by atoms with Crippen molar-refractivity contribution in [2.24, 2.45) is 0 Å². The largest absolute Gasteiger partial charge is 0.317 e. The van der Waals surface area contributed by atoms with Gasteiger partial charge >= 0.3 is 0 Å². The molecule has 0 unspecified atom stereocenters. The number of aryl methyl sites for hydroxylation is 1. The minimum atomic E-state index is -0.0668. The Morgan fingerprint density at radius 3 is 2.71 bits per heavy atom. The second-order valence-corrected chi connectivity index (χ2v) is 6.39. The number of benzene rings is 1. The molecule has 0 fully saturated rings. The van der Waals surface area contributed by atoms with Crippen molar-refractivity contribution in [1.29, 1.82) is 0 Å². The Balaban J connectivity index is 1.77. The highest BCUT2D eigenvalue weighted by molar-refractivity contribution is 7.16. The molecule has 1 amide bonds. The molecule has 21 heavy (non-hydrogen) atoms. The van der Waals surface area contributed by atoms with Crippen molar-refractivity contribution in [2.45, 2.75) is 32.1 Å². The zero-order valence-corrected chi connectivity index (χ0v) is 12.5. The van der Waals surface area contributed by atoms with E-state index in [1.54, 1.807) is 11.3 Å². The minimum absolute atomic E-state index is 0.0668. The lowest BCUT2D eigenvalue weighted by atomic mass is 9.96. The van der Waals surface area contributed by atoms with E-state index in [9.17, 15) is 9.59 Å². The Morgan fingerprint density at radius 2 is 1.95 bits per heavy atom. The Kier molecular flexibility index (Phi) is 4.15. The molecule has 0 aliphatic heterocycles. The van der Waals surface area contributed by atoms with Gasteiger partial charge < -0.3 is 5.32 Å². The SMILES string of the molecule is O=Cc1c(NC(=O)Cc2ccccc2)sc2c1CCCC2. The van der Waals surface area contributed by atoms with Crippen LogP contribution >= 0.6 is 11.3 Å². The van der Waals surface area contributed by atoms with E-state index in [1.807, 2.05) is 30.3 Å². The van der Waals surface area contributed by atoms with Crippen LogP contribution in [0.25, 0.3) is 0 Å². The lowest BCUT2D eigenvalue weighted by Crippen LogP contribution is -2.14. The van der Waals surface area contributed by atoms with E-state index in [0.29, 0.717) is 12.0 Å². The molecule has 0 radical (unpaired) electrons. The number of thiophene rings is 1. The maximum atomic E-state index is 12.1. The summed E-state index contributed by atoms with van der Waals surface area (Å²) in [6.07, 6.45) is 5.50. The third kappa shape index (κ3) is 3.05. The molecular formula is C17H17NO2S. The van der Waals surface area contributed by atoms with Crippen LogP contribution in [0.2, 0.25) is 0 Å². The van der Waals surface area contributed by atoms with Crippen molar-refractivity contribution in [3.8, 4) is 0 Å². The highest BCUT2D eigenvalue weighted by atomic mass is 32.1. The van der Waals surface area contributed by atoms with Gasteiger partial charge in [-0.2, -0.15) is 0 Å². The highest BCUT2D eigenvalue weighted by Crippen LogP contribution is 2.37. The molecule has 1 heterocycles. The zero-order chi connectivity index (χ0) is 14.7. The number of rotatable bonds is 4. The van der Waals surface area contributed by atoms with Crippen LogP contribution < -0.4 is 5.32 Å². The Hall–Kier alpha value is -1.94. The van der Waals surface area contributed by atoms with Crippen molar-refractivity contribution >= 4 is 28.5 Å². The molecule has 1 aliphatic rings. The van der Waals surface area contributed by atoms with Crippen LogP contribution in [0, 0.1) is 0 Å². The van der Waals surface area contributed by atoms with Crippen LogP contribution in [0.1, 0.15) is 39.2 Å². The van der Waals surface area contributed by atoms with Gasteiger partial charge in [0, 0.05) is 4.88 Å². The Morgan fingerprint density at radius 1 is 1.19 bits per heavy atom. The molecule has 0 atom stereocenters. The number of amides is 1. The molecule has 1 aliphatic carbocycles. The summed E-state index contributed by atoms with van der Waals surface area (Å²) in [6, 6.07) is 9.63. The maximum Gasteiger partial charge on any atom is 0.229 e. The maximum absolute atomic E-state index is 12.1. The van der Waals surface area contributed by atoms with Crippen molar-refractivity contribution in [3.63, 3.8) is 0 Å². The number of hydrogen-bond acceptors (Lipinski definition) is 3. The number of anilines is 1. The minimum Gasteiger partial charge on any atom is -0.317 e. The van der Waals surface area contributed by atoms with E-state index in [2.05, 4.69) is 5.32 Å². The van der Waals surface area contributed by atoms with Gasteiger partial charge in [0.15, 0.2) is 6.29 Å². The molecule has 0 saturated carbocycles. The van der Waals surface area contributed by atoms with Crippen LogP contribution in [0.5, 0.6) is 0 Å². The molecule has 3 nitrogen and oxygen atoms in total. The van der Waals surface area contributed by atoms with Gasteiger partial charge in [0.05, 0.1) is 12.0 Å². The Labute approximate surface area is 128 Å². The first kappa shape index (κ1) is 14.0. The molecule has 2 aromatic rings. The molecule has 108 valence electrons. The van der Waals surface area contributed by atoms with Crippen molar-refractivity contribution < 1.29 is 9.59 Å². The number of carbonyl (C=O) groups is 2. The monoisotopic (exact) mass is 299 g/mol. The molecular weight excluding hydrogens is 282 g/mol. The number of fused-ring (bicyclic) bond motifs is 1. The van der Waals surface area contributed by atoms with Crippen molar-refractivity contribution in [3.05, 3.63) is 51.9 Å². The third-order valence-electron chi connectivity index (χ3n) is 3.79. The molecule has 0 saturated heterocycles. The summed E-state index contributed by atoms with van der Waals surface area (Å²) in [5.74, 6) is -0.0668. The summed E-state index contributed by atoms with van der Waals surface area (Å²) in [5, 5.41) is 3.64. The molecule has 0 spiro atoms. The first-order valence-electron chi connectivity index (χ1n) is 7.21. The lowest BCUT2D eigenvalue weighted by Gasteiger charge is -2.10. The first-order valence-corrected chi connectivity index (χ1v) is 8.03. The number of nitrogens with one attached hydrogen (secondary N) is 1. The standard InChI is InChI=1S/C17H17NO2S/c19-11-14-13-8-4-5-9-15(13)21-17(14)18-16(20)10-12-6-2-1-3-7-12/h1-3,6-7,11H,4-5,8-10H2,(H,18,20). The fourth-order valence-electron chi connectivity index (χ4n) is 2.76. The van der Waals surface area contributed by atoms with E-state index >= 15 is 0 Å². The third-order valence-corrected chi connectivity index (χ3v) is 5.01. The topological polar surface area (TPSA) is 46.2 Å². The second kappa shape index (κ2) is 6.22. The van der Waals surface area contributed by atoms with E-state index < -0.39 is 0 Å². The average Bonchev–Trinajstić information content (AvgIpc) is 2.85. The number of aldehydes is 1. The van der Waals surface area contributed by atoms with Crippen LogP contribution in [-0.2, 0) is 24.1 Å². The number of hydrogen-bond donors (Lipinski definition) is 1. The molecule has 1 N–H and O–H groups in total. The summed E-state index contributed by atoms with van der Waals surface area (Å²) >= 11 is 1.56. The van der Waals surface area contributed by atoms with Crippen LogP contribution in [0.3, 0.4) is 0 Å². The van der Waals surface area contributed by atoms with Crippen molar-refractivity contribution in [2.75, 3.05) is 5.32 Å². The van der Waals surface area contributed by atoms with Gasteiger partial charge in [0.25, 0.3) is 0 Å². The quantitative estimate of drug-likeness (QED) is 0.876. The predicted octanol–water partition coefficient (Wildman–Crippen LogP) is 3.62. The van der Waals surface area contributed by atoms with E-state index in [0.717, 1.165) is 41.7 Å². The van der Waals surface area contributed by atoms with Gasteiger partial charge in [0.1, 0.15) is 5.00 Å². The Bertz CT molecular complexity index is 661. The molecule has 1 aromatic heterocycles. The molecule has 3 rings (SSSR count). The predicted molar refractivity (Wildman–Crippen MR) is 85.1 cm³/mol. The van der Waals surface area contributed by atoms with E-state index in [4.69, 9.17) is 0 Å². The van der Waals surface area contributed by atoms with E-state index in [-0.39, 0.29) is 5.91 Å². The fourth-order valence-corrected chi connectivity index (χ4v) is 4.03. The smallest absolute Gasteiger partial charge is 0.229 e. The normalized spacial score (nSPS) is 13.5. The van der Waals surface area contributed by atoms with Crippen LogP contribution in [-0.4, -0.2) is 12.2 Å². The van der Waals surface area contributed by atoms with Crippen LogP contribution in [0.15, 0.2) is 30.3 Å². The number of carbonyl (C=O) groups excluding carboxylic acids is 2. The zero-order valence-electron chi connectivity index (χ0n) is 11.7. The summed E-state index contributed by atoms with van der Waals surface area (Å²) in [4.78, 5) is 24.8.